The van der Waals surface area contributed by atoms with Gasteiger partial charge in [0.25, 0.3) is 0 Å². The molecule has 0 aliphatic heterocycles. The van der Waals surface area contributed by atoms with E-state index in [9.17, 15) is 9.50 Å². The molecule has 88 valence electrons. The van der Waals surface area contributed by atoms with Crippen LogP contribution in [0.3, 0.4) is 0 Å². The van der Waals surface area contributed by atoms with Crippen LogP contribution in [0.15, 0.2) is 18.2 Å². The van der Waals surface area contributed by atoms with Gasteiger partial charge in [-0.3, -0.25) is 0 Å². The molecule has 0 radical (unpaired) electrons. The molecule has 0 saturated heterocycles. The van der Waals surface area contributed by atoms with Crippen LogP contribution in [0.5, 0.6) is 0 Å². The molecule has 0 saturated carbocycles. The fraction of sp³-hybridized carbons (Fsp3) is 0.538. The van der Waals surface area contributed by atoms with Gasteiger partial charge in [-0.2, -0.15) is 0 Å². The normalized spacial score (nSPS) is 20.8. The molecule has 3 heteroatoms. The van der Waals surface area contributed by atoms with Crippen LogP contribution in [-0.4, -0.2) is 17.8 Å². The molecular weight excluding hydrogens is 205 g/mol. The number of benzene rings is 1. The van der Waals surface area contributed by atoms with Crippen LogP contribution in [0, 0.1) is 5.82 Å². The molecule has 2 nitrogen and oxygen atoms in total. The van der Waals surface area contributed by atoms with E-state index in [2.05, 4.69) is 5.32 Å². The molecule has 1 aromatic carbocycles. The van der Waals surface area contributed by atoms with Crippen molar-refractivity contribution in [2.75, 3.05) is 6.54 Å². The molecule has 2 N–H and O–H groups in total. The summed E-state index contributed by atoms with van der Waals surface area (Å²) >= 11 is 0. The van der Waals surface area contributed by atoms with Crippen LogP contribution in [-0.2, 0) is 6.42 Å². The highest BCUT2D eigenvalue weighted by Gasteiger charge is 2.22. The smallest absolute Gasteiger partial charge is 0.123 e. The third kappa shape index (κ3) is 2.42. The number of nitrogens with one attached hydrogen (secondary N) is 1. The Morgan fingerprint density at radius 3 is 3.12 bits per heavy atom. The van der Waals surface area contributed by atoms with Crippen LogP contribution in [0.25, 0.3) is 0 Å². The second-order valence-electron chi connectivity index (χ2n) is 4.40. The number of aliphatic hydroxyl groups excluding tert-OH is 1. The topological polar surface area (TPSA) is 32.3 Å². The van der Waals surface area contributed by atoms with Gasteiger partial charge in [-0.1, -0.05) is 13.0 Å². The zero-order chi connectivity index (χ0) is 11.5. The van der Waals surface area contributed by atoms with E-state index in [-0.39, 0.29) is 18.0 Å². The Hall–Kier alpha value is -0.930. The van der Waals surface area contributed by atoms with Crippen molar-refractivity contribution in [2.45, 2.75) is 38.3 Å². The molecule has 0 fully saturated rings. The van der Waals surface area contributed by atoms with Crippen LogP contribution in [0.2, 0.25) is 0 Å². The van der Waals surface area contributed by atoms with Crippen molar-refractivity contribution in [3.05, 3.63) is 35.1 Å². The molecule has 1 aromatic rings. The van der Waals surface area contributed by atoms with Gasteiger partial charge in [0.15, 0.2) is 0 Å². The van der Waals surface area contributed by atoms with Gasteiger partial charge in [0.2, 0.25) is 0 Å². The number of aliphatic hydroxyl groups is 1. The summed E-state index contributed by atoms with van der Waals surface area (Å²) in [5.74, 6) is -0.159. The largest absolute Gasteiger partial charge is 0.392 e. The number of aryl methyl sites for hydroxylation is 1. The van der Waals surface area contributed by atoms with E-state index in [1.165, 1.54) is 11.6 Å². The zero-order valence-corrected chi connectivity index (χ0v) is 9.54. The summed E-state index contributed by atoms with van der Waals surface area (Å²) in [6, 6.07) is 5.26. The van der Waals surface area contributed by atoms with Crippen molar-refractivity contribution in [2.24, 2.45) is 0 Å². The minimum absolute atomic E-state index is 0.159. The van der Waals surface area contributed by atoms with Crippen molar-refractivity contribution in [3.8, 4) is 0 Å². The van der Waals surface area contributed by atoms with Gasteiger partial charge in [-0.25, -0.2) is 4.39 Å². The lowest BCUT2D eigenvalue weighted by molar-refractivity contribution is 0.163. The van der Waals surface area contributed by atoms with Gasteiger partial charge < -0.3 is 10.4 Å². The lowest BCUT2D eigenvalue weighted by atomic mass is 10.1. The molecule has 1 aliphatic rings. The Kier molecular flexibility index (Phi) is 3.56. The van der Waals surface area contributed by atoms with Crippen LogP contribution < -0.4 is 5.32 Å². The van der Waals surface area contributed by atoms with E-state index in [0.29, 0.717) is 6.54 Å². The Labute approximate surface area is 95.5 Å². The molecule has 0 bridgehead atoms. The van der Waals surface area contributed by atoms with E-state index in [4.69, 9.17) is 0 Å². The maximum atomic E-state index is 13.0. The zero-order valence-electron chi connectivity index (χ0n) is 9.54. The first-order valence-corrected chi connectivity index (χ1v) is 5.90. The lowest BCUT2D eigenvalue weighted by Gasteiger charge is -2.16. The maximum absolute atomic E-state index is 13.0. The number of hydrogen-bond donors (Lipinski definition) is 2. The molecule has 1 aliphatic carbocycles. The van der Waals surface area contributed by atoms with Crippen LogP contribution >= 0.6 is 0 Å². The summed E-state index contributed by atoms with van der Waals surface area (Å²) in [6.07, 6.45) is 2.39. The van der Waals surface area contributed by atoms with E-state index in [1.807, 2.05) is 13.0 Å². The van der Waals surface area contributed by atoms with Gasteiger partial charge in [0, 0.05) is 12.6 Å². The van der Waals surface area contributed by atoms with Gasteiger partial charge in [-0.05, 0) is 42.5 Å². The third-order valence-electron chi connectivity index (χ3n) is 3.25. The van der Waals surface area contributed by atoms with Gasteiger partial charge in [-0.15, -0.1) is 0 Å². The highest BCUT2D eigenvalue weighted by atomic mass is 19.1. The predicted octanol–water partition coefficient (Wildman–Crippen LogP) is 2.17. The second-order valence-corrected chi connectivity index (χ2v) is 4.40. The predicted molar refractivity (Wildman–Crippen MR) is 61.8 cm³/mol. The molecule has 0 spiro atoms. The van der Waals surface area contributed by atoms with Gasteiger partial charge >= 0.3 is 0 Å². The summed E-state index contributed by atoms with van der Waals surface area (Å²) in [6.45, 7) is 2.57. The quantitative estimate of drug-likeness (QED) is 0.820. The van der Waals surface area contributed by atoms with Crippen molar-refractivity contribution in [1.82, 2.24) is 5.32 Å². The second kappa shape index (κ2) is 4.93. The molecule has 2 rings (SSSR count). The first-order valence-electron chi connectivity index (χ1n) is 5.90. The SMILES string of the molecule is CCC(O)CNC1CCc2cc(F)ccc21. The first-order chi connectivity index (χ1) is 7.70. The minimum atomic E-state index is -0.288. The molecule has 0 heterocycles. The minimum Gasteiger partial charge on any atom is -0.392 e. The fourth-order valence-corrected chi connectivity index (χ4v) is 2.22. The Bertz CT molecular complexity index is 367. The summed E-state index contributed by atoms with van der Waals surface area (Å²) in [5.41, 5.74) is 2.29. The van der Waals surface area contributed by atoms with Gasteiger partial charge in [0.1, 0.15) is 5.82 Å². The highest BCUT2D eigenvalue weighted by molar-refractivity contribution is 5.34. The van der Waals surface area contributed by atoms with E-state index in [1.54, 1.807) is 6.07 Å². The molecule has 0 aromatic heterocycles. The number of halogens is 1. The fourth-order valence-electron chi connectivity index (χ4n) is 2.22. The maximum Gasteiger partial charge on any atom is 0.123 e. The van der Waals surface area contributed by atoms with E-state index >= 15 is 0 Å². The molecule has 16 heavy (non-hydrogen) atoms. The lowest BCUT2D eigenvalue weighted by Crippen LogP contribution is -2.28. The first kappa shape index (κ1) is 11.6. The van der Waals surface area contributed by atoms with Crippen molar-refractivity contribution in [3.63, 3.8) is 0 Å². The average Bonchev–Trinajstić information content (AvgIpc) is 2.68. The number of rotatable bonds is 4. The molecular formula is C13H18FNO. The Morgan fingerprint density at radius 2 is 2.38 bits per heavy atom. The summed E-state index contributed by atoms with van der Waals surface area (Å²) < 4.78 is 13.0. The van der Waals surface area contributed by atoms with Crippen molar-refractivity contribution >= 4 is 0 Å². The Morgan fingerprint density at radius 1 is 1.56 bits per heavy atom. The average molecular weight is 223 g/mol. The third-order valence-corrected chi connectivity index (χ3v) is 3.25. The van der Waals surface area contributed by atoms with Crippen LogP contribution in [0.4, 0.5) is 4.39 Å². The van der Waals surface area contributed by atoms with Gasteiger partial charge in [0.05, 0.1) is 6.10 Å². The summed E-state index contributed by atoms with van der Waals surface area (Å²) in [5, 5.41) is 12.8. The number of fused-ring (bicyclic) bond motifs is 1. The number of hydrogen-bond acceptors (Lipinski definition) is 2. The van der Waals surface area contributed by atoms with E-state index in [0.717, 1.165) is 24.8 Å². The van der Waals surface area contributed by atoms with E-state index < -0.39 is 0 Å². The summed E-state index contributed by atoms with van der Waals surface area (Å²) in [7, 11) is 0. The van der Waals surface area contributed by atoms with Crippen molar-refractivity contribution in [1.29, 1.82) is 0 Å². The molecule has 2 unspecified atom stereocenters. The molecule has 2 atom stereocenters. The highest BCUT2D eigenvalue weighted by Crippen LogP contribution is 2.31. The van der Waals surface area contributed by atoms with Crippen molar-refractivity contribution < 1.29 is 9.50 Å². The monoisotopic (exact) mass is 223 g/mol. The standard InChI is InChI=1S/C13H18FNO/c1-2-11(16)8-15-13-6-3-9-7-10(14)4-5-12(9)13/h4-5,7,11,13,15-16H,2-3,6,8H2,1H3. The Balaban J connectivity index is 2.01. The van der Waals surface area contributed by atoms with Crippen LogP contribution in [0.1, 0.15) is 36.9 Å². The molecule has 0 amide bonds. The summed E-state index contributed by atoms with van der Waals surface area (Å²) in [4.78, 5) is 0.